The molecule has 4 nitrogen and oxygen atoms in total. The average Bonchev–Trinajstić information content (AvgIpc) is 2.86. The van der Waals surface area contributed by atoms with Crippen LogP contribution in [0.2, 0.25) is 0 Å². The Morgan fingerprint density at radius 1 is 0.950 bits per heavy atom. The summed E-state index contributed by atoms with van der Waals surface area (Å²) in [5.41, 5.74) is 0.367. The molecule has 0 N–H and O–H groups in total. The lowest BCUT2D eigenvalue weighted by Crippen LogP contribution is -2.66. The fourth-order valence-electron chi connectivity index (χ4n) is 11.1. The third kappa shape index (κ3) is 4.15. The number of carbonyl (C=O) groups excluding carboxylic acids is 3. The van der Waals surface area contributed by atoms with Crippen molar-refractivity contribution in [2.24, 2.45) is 50.2 Å². The molecule has 4 saturated carbocycles. The van der Waals surface area contributed by atoms with Crippen molar-refractivity contribution in [1.82, 2.24) is 0 Å². The summed E-state index contributed by atoms with van der Waals surface area (Å²) in [7, 11) is 0. The maximum atomic E-state index is 14.5. The molecule has 0 aliphatic heterocycles. The van der Waals surface area contributed by atoms with Gasteiger partial charge in [-0.05, 0) is 115 Å². The van der Waals surface area contributed by atoms with E-state index in [-0.39, 0.29) is 56.2 Å². The Hall–Kier alpha value is -1.16. The van der Waals surface area contributed by atoms with Crippen LogP contribution in [-0.4, -0.2) is 23.1 Å². The summed E-state index contributed by atoms with van der Waals surface area (Å²) in [5.74, 6) is 0.717. The minimum atomic E-state index is -0.522. The lowest BCUT2D eigenvalue weighted by Gasteiger charge is -2.70. The molecule has 224 valence electrons. The van der Waals surface area contributed by atoms with E-state index in [1.807, 2.05) is 6.92 Å². The van der Waals surface area contributed by atoms with E-state index < -0.39 is 5.41 Å². The molecule has 0 spiro atoms. The highest BCUT2D eigenvalue weighted by Gasteiger charge is 2.70. The fourth-order valence-corrected chi connectivity index (χ4v) is 11.3. The number of hydrogen-bond donors (Lipinski definition) is 0. The van der Waals surface area contributed by atoms with Crippen molar-refractivity contribution in [3.63, 3.8) is 0 Å². The van der Waals surface area contributed by atoms with Crippen LogP contribution in [0.1, 0.15) is 132 Å². The maximum absolute atomic E-state index is 14.5. The third-order valence-corrected chi connectivity index (χ3v) is 14.5. The van der Waals surface area contributed by atoms with E-state index in [4.69, 9.17) is 16.3 Å². The van der Waals surface area contributed by atoms with Crippen molar-refractivity contribution in [3.05, 3.63) is 11.6 Å². The molecule has 0 unspecified atom stereocenters. The minimum Gasteiger partial charge on any atom is -0.462 e. The van der Waals surface area contributed by atoms with Crippen LogP contribution in [0.25, 0.3) is 0 Å². The van der Waals surface area contributed by atoms with Gasteiger partial charge < -0.3 is 4.74 Å². The number of fused-ring (bicyclic) bond motifs is 7. The molecule has 0 aromatic carbocycles. The first-order chi connectivity index (χ1) is 18.5. The number of carbonyl (C=O) groups is 3. The van der Waals surface area contributed by atoms with E-state index in [0.717, 1.165) is 70.6 Å². The molecule has 0 radical (unpaired) electrons. The van der Waals surface area contributed by atoms with E-state index in [1.54, 1.807) is 0 Å². The van der Waals surface area contributed by atoms with Crippen molar-refractivity contribution in [2.45, 2.75) is 139 Å². The van der Waals surface area contributed by atoms with Gasteiger partial charge in [0.05, 0.1) is 0 Å². The van der Waals surface area contributed by atoms with Crippen LogP contribution in [0.15, 0.2) is 11.6 Å². The Kier molecular flexibility index (Phi) is 7.33. The molecular weight excluding hydrogens is 520 g/mol. The van der Waals surface area contributed by atoms with Crippen LogP contribution >= 0.6 is 11.6 Å². The SMILES string of the molecule is CCCCC(=O)O[C@H]1CC[C@]2(C)[C@H]3C(=O)C=C4[C@@H]5C[C@@](C)(C(=O)Cl)CC[C@]5(C)CC[C@@]4(C)[C@]3(C)CC[C@H]2C1(C)C. The zero-order chi connectivity index (χ0) is 29.5. The number of ketones is 1. The van der Waals surface area contributed by atoms with Gasteiger partial charge in [-0.1, -0.05) is 67.4 Å². The van der Waals surface area contributed by atoms with Crippen LogP contribution in [0, 0.1) is 50.2 Å². The van der Waals surface area contributed by atoms with Gasteiger partial charge in [-0.25, -0.2) is 0 Å². The van der Waals surface area contributed by atoms with Crippen molar-refractivity contribution in [2.75, 3.05) is 0 Å². The minimum absolute atomic E-state index is 0.0440. The van der Waals surface area contributed by atoms with Gasteiger partial charge in [-0.3, -0.25) is 14.4 Å². The second-order valence-electron chi connectivity index (χ2n) is 16.5. The molecular formula is C35H53ClO4. The summed E-state index contributed by atoms with van der Waals surface area (Å²) in [6, 6.07) is 0. The maximum Gasteiger partial charge on any atom is 0.306 e. The van der Waals surface area contributed by atoms with E-state index in [9.17, 15) is 14.4 Å². The number of esters is 1. The molecule has 0 saturated heterocycles. The number of halogens is 1. The molecule has 4 fully saturated rings. The summed E-state index contributed by atoms with van der Waals surface area (Å²) < 4.78 is 6.13. The Morgan fingerprint density at radius 2 is 1.62 bits per heavy atom. The molecule has 0 aromatic rings. The van der Waals surface area contributed by atoms with Crippen LogP contribution in [0.4, 0.5) is 0 Å². The van der Waals surface area contributed by atoms with Crippen molar-refractivity contribution in [1.29, 1.82) is 0 Å². The highest BCUT2D eigenvalue weighted by Crippen LogP contribution is 2.75. The summed E-state index contributed by atoms with van der Waals surface area (Å²) in [5, 5.41) is -0.226. The number of allylic oxidation sites excluding steroid dienone is 2. The second kappa shape index (κ2) is 9.68. The molecule has 40 heavy (non-hydrogen) atoms. The van der Waals surface area contributed by atoms with Gasteiger partial charge in [0.1, 0.15) is 6.10 Å². The summed E-state index contributed by atoms with van der Waals surface area (Å²) >= 11 is 6.18. The first-order valence-corrected chi connectivity index (χ1v) is 16.5. The topological polar surface area (TPSA) is 60.4 Å². The molecule has 5 aliphatic carbocycles. The lowest BCUT2D eigenvalue weighted by atomic mass is 9.33. The van der Waals surface area contributed by atoms with Gasteiger partial charge in [0, 0.05) is 23.2 Å². The quantitative estimate of drug-likeness (QED) is 0.244. The van der Waals surface area contributed by atoms with Gasteiger partial charge in [-0.2, -0.15) is 0 Å². The smallest absolute Gasteiger partial charge is 0.306 e. The molecule has 0 amide bonds. The van der Waals surface area contributed by atoms with Crippen LogP contribution in [0.5, 0.6) is 0 Å². The fraction of sp³-hybridized carbons (Fsp3) is 0.857. The van der Waals surface area contributed by atoms with Crippen LogP contribution in [0.3, 0.4) is 0 Å². The van der Waals surface area contributed by atoms with Crippen molar-refractivity contribution in [3.8, 4) is 0 Å². The summed E-state index contributed by atoms with van der Waals surface area (Å²) in [4.78, 5) is 39.7. The number of rotatable bonds is 5. The standard InChI is InChI=1S/C35H53ClO4/c1-9-10-11-27(38)40-26-13-14-33(6)25(30(26,2)3)12-15-35(8)28(33)24(37)20-22-23-21-32(5,29(36)39)17-16-31(23,4)18-19-34(22,35)7/h20,23,25-26,28H,9-19,21H2,1-8H3/t23-,25-,26-,28+,31+,32-,33-,34+,35+/m0/s1. The summed E-state index contributed by atoms with van der Waals surface area (Å²) in [6.07, 6.45) is 12.9. The number of ether oxygens (including phenoxy) is 1. The highest BCUT2D eigenvalue weighted by molar-refractivity contribution is 6.64. The Morgan fingerprint density at radius 3 is 2.27 bits per heavy atom. The van der Waals surface area contributed by atoms with Gasteiger partial charge in [0.15, 0.2) is 5.78 Å². The zero-order valence-electron chi connectivity index (χ0n) is 26.4. The average molecular weight is 573 g/mol. The van der Waals surface area contributed by atoms with Gasteiger partial charge in [0.2, 0.25) is 5.24 Å². The highest BCUT2D eigenvalue weighted by atomic mass is 35.5. The van der Waals surface area contributed by atoms with Gasteiger partial charge in [-0.15, -0.1) is 0 Å². The molecule has 0 aromatic heterocycles. The molecule has 5 aliphatic rings. The molecule has 0 heterocycles. The van der Waals surface area contributed by atoms with E-state index >= 15 is 0 Å². The normalized spacial score (nSPS) is 47.6. The Labute approximate surface area is 247 Å². The summed E-state index contributed by atoms with van der Waals surface area (Å²) in [6.45, 7) is 18.3. The van der Waals surface area contributed by atoms with Crippen LogP contribution < -0.4 is 0 Å². The second-order valence-corrected chi connectivity index (χ2v) is 16.8. The lowest BCUT2D eigenvalue weighted by molar-refractivity contribution is -0.211. The van der Waals surface area contributed by atoms with E-state index in [0.29, 0.717) is 18.1 Å². The van der Waals surface area contributed by atoms with Gasteiger partial charge >= 0.3 is 5.97 Å². The zero-order valence-corrected chi connectivity index (χ0v) is 27.1. The molecule has 5 heteroatoms. The van der Waals surface area contributed by atoms with Crippen molar-refractivity contribution >= 4 is 28.6 Å². The monoisotopic (exact) mass is 572 g/mol. The third-order valence-electron chi connectivity index (χ3n) is 14.0. The van der Waals surface area contributed by atoms with Gasteiger partial charge in [0.25, 0.3) is 0 Å². The largest absolute Gasteiger partial charge is 0.462 e. The molecule has 0 bridgehead atoms. The molecule has 5 rings (SSSR count). The first kappa shape index (κ1) is 30.3. The van der Waals surface area contributed by atoms with Crippen molar-refractivity contribution < 1.29 is 19.1 Å². The Balaban J connectivity index is 1.51. The van der Waals surface area contributed by atoms with Crippen LogP contribution in [-0.2, 0) is 19.1 Å². The first-order valence-electron chi connectivity index (χ1n) is 16.1. The Bertz CT molecular complexity index is 1120. The number of unbranched alkanes of at least 4 members (excludes halogenated alkanes) is 1. The van der Waals surface area contributed by atoms with E-state index in [2.05, 4.69) is 54.5 Å². The molecule has 9 atom stereocenters. The number of hydrogen-bond acceptors (Lipinski definition) is 4. The van der Waals surface area contributed by atoms with E-state index in [1.165, 1.54) is 5.57 Å². The predicted molar refractivity (Wildman–Crippen MR) is 160 cm³/mol. The predicted octanol–water partition coefficient (Wildman–Crippen LogP) is 8.83.